The van der Waals surface area contributed by atoms with Crippen LogP contribution in [-0.4, -0.2) is 45.4 Å². The molecule has 0 spiro atoms. The molecule has 0 aromatic carbocycles. The fourth-order valence-electron chi connectivity index (χ4n) is 4.71. The molecule has 0 amide bonds. The molecule has 4 heterocycles. The SMILES string of the molecule is CCC[C@H]1N(C2OC2c2cnccc2C(F)(F)F)CCC[C@@]1(Oc1csc(C(F)(F)F)c1)C(=O)O. The first-order chi connectivity index (χ1) is 16.4. The zero-order valence-corrected chi connectivity index (χ0v) is 19.2. The molecule has 6 nitrogen and oxygen atoms in total. The number of pyridine rings is 1. The van der Waals surface area contributed by atoms with Gasteiger partial charge in [0.05, 0.1) is 11.6 Å². The molecule has 1 N–H and O–H groups in total. The predicted octanol–water partition coefficient (Wildman–Crippen LogP) is 5.75. The number of alkyl halides is 6. The lowest BCUT2D eigenvalue weighted by molar-refractivity contribution is -0.170. The van der Waals surface area contributed by atoms with Gasteiger partial charge in [0.2, 0.25) is 5.60 Å². The highest BCUT2D eigenvalue weighted by molar-refractivity contribution is 7.10. The van der Waals surface area contributed by atoms with E-state index in [1.807, 2.05) is 0 Å². The zero-order valence-electron chi connectivity index (χ0n) is 18.4. The summed E-state index contributed by atoms with van der Waals surface area (Å²) in [6.45, 7) is 2.14. The van der Waals surface area contributed by atoms with E-state index < -0.39 is 52.7 Å². The summed E-state index contributed by atoms with van der Waals surface area (Å²) in [4.78, 5) is 17.0. The number of piperidine rings is 1. The molecule has 4 rings (SSSR count). The fourth-order valence-corrected chi connectivity index (χ4v) is 5.39. The van der Waals surface area contributed by atoms with Crippen LogP contribution in [0.15, 0.2) is 29.9 Å². The van der Waals surface area contributed by atoms with Crippen LogP contribution in [0.2, 0.25) is 0 Å². The van der Waals surface area contributed by atoms with Gasteiger partial charge in [0.25, 0.3) is 0 Å². The topological polar surface area (TPSA) is 75.2 Å². The number of aliphatic carboxylic acids is 1. The van der Waals surface area contributed by atoms with Crippen molar-refractivity contribution in [2.75, 3.05) is 6.54 Å². The summed E-state index contributed by atoms with van der Waals surface area (Å²) in [5, 5.41) is 11.3. The third-order valence-corrected chi connectivity index (χ3v) is 7.19. The average molecular weight is 524 g/mol. The highest BCUT2D eigenvalue weighted by Gasteiger charge is 2.59. The van der Waals surface area contributed by atoms with E-state index in [1.165, 1.54) is 0 Å². The Morgan fingerprint density at radius 2 is 2.06 bits per heavy atom. The molecule has 2 unspecified atom stereocenters. The van der Waals surface area contributed by atoms with E-state index in [9.17, 15) is 36.2 Å². The van der Waals surface area contributed by atoms with E-state index in [0.29, 0.717) is 30.7 Å². The van der Waals surface area contributed by atoms with Gasteiger partial charge in [-0.15, -0.1) is 11.3 Å². The van der Waals surface area contributed by atoms with Crippen molar-refractivity contribution in [2.45, 2.75) is 68.9 Å². The third-order valence-electron chi connectivity index (χ3n) is 6.24. The monoisotopic (exact) mass is 524 g/mol. The minimum absolute atomic E-state index is 0.0266. The summed E-state index contributed by atoms with van der Waals surface area (Å²) in [7, 11) is 0. The number of halogens is 6. The van der Waals surface area contributed by atoms with Crippen molar-refractivity contribution in [2.24, 2.45) is 0 Å². The number of carbonyl (C=O) groups is 1. The van der Waals surface area contributed by atoms with Gasteiger partial charge in [-0.3, -0.25) is 9.88 Å². The minimum Gasteiger partial charge on any atom is -0.478 e. The van der Waals surface area contributed by atoms with Crippen molar-refractivity contribution >= 4 is 17.3 Å². The Morgan fingerprint density at radius 1 is 1.31 bits per heavy atom. The van der Waals surface area contributed by atoms with Gasteiger partial charge in [0.15, 0.2) is 0 Å². The molecule has 0 radical (unpaired) electrons. The predicted molar refractivity (Wildman–Crippen MR) is 112 cm³/mol. The summed E-state index contributed by atoms with van der Waals surface area (Å²) >= 11 is 0.396. The molecule has 192 valence electrons. The number of nitrogens with zero attached hydrogens (tertiary/aromatic N) is 2. The van der Waals surface area contributed by atoms with Crippen LogP contribution in [0, 0.1) is 0 Å². The first-order valence-electron chi connectivity index (χ1n) is 10.9. The number of hydrogen-bond donors (Lipinski definition) is 1. The van der Waals surface area contributed by atoms with Gasteiger partial charge in [0, 0.05) is 42.4 Å². The summed E-state index contributed by atoms with van der Waals surface area (Å²) in [6.07, 6.45) is -7.80. The lowest BCUT2D eigenvalue weighted by atomic mass is 9.81. The van der Waals surface area contributed by atoms with E-state index >= 15 is 0 Å². The molecule has 2 saturated heterocycles. The minimum atomic E-state index is -4.62. The highest BCUT2D eigenvalue weighted by Crippen LogP contribution is 2.49. The Morgan fingerprint density at radius 3 is 2.66 bits per heavy atom. The molecule has 0 bridgehead atoms. The summed E-state index contributed by atoms with van der Waals surface area (Å²) in [5.41, 5.74) is -2.93. The van der Waals surface area contributed by atoms with Crippen molar-refractivity contribution in [3.8, 4) is 5.75 Å². The van der Waals surface area contributed by atoms with Crippen molar-refractivity contribution in [1.29, 1.82) is 0 Å². The number of epoxide rings is 1. The zero-order chi connectivity index (χ0) is 25.6. The first kappa shape index (κ1) is 25.7. The van der Waals surface area contributed by atoms with E-state index in [0.717, 1.165) is 29.9 Å². The molecule has 13 heteroatoms. The van der Waals surface area contributed by atoms with Crippen molar-refractivity contribution in [3.05, 3.63) is 45.9 Å². The molecular weight excluding hydrogens is 502 g/mol. The molecule has 2 aromatic heterocycles. The largest absolute Gasteiger partial charge is 0.478 e. The van der Waals surface area contributed by atoms with Gasteiger partial charge < -0.3 is 14.6 Å². The van der Waals surface area contributed by atoms with Crippen molar-refractivity contribution in [1.82, 2.24) is 9.88 Å². The Labute approximate surface area is 200 Å². The summed E-state index contributed by atoms with van der Waals surface area (Å²) in [5.74, 6) is -1.57. The second-order valence-corrected chi connectivity index (χ2v) is 9.41. The number of likely N-dealkylation sites (tertiary alicyclic amines) is 1. The molecule has 0 aliphatic carbocycles. The maximum atomic E-state index is 13.5. The van der Waals surface area contributed by atoms with Crippen molar-refractivity contribution < 1.29 is 45.7 Å². The number of ether oxygens (including phenoxy) is 2. The highest BCUT2D eigenvalue weighted by atomic mass is 32.1. The number of thiophene rings is 1. The smallest absolute Gasteiger partial charge is 0.425 e. The lowest BCUT2D eigenvalue weighted by Gasteiger charge is -2.46. The van der Waals surface area contributed by atoms with E-state index in [-0.39, 0.29) is 24.2 Å². The van der Waals surface area contributed by atoms with Crippen LogP contribution in [0.25, 0.3) is 0 Å². The molecule has 0 saturated carbocycles. The fraction of sp³-hybridized carbons (Fsp3) is 0.545. The maximum Gasteiger partial charge on any atom is 0.425 e. The normalized spacial score (nSPS) is 27.6. The van der Waals surface area contributed by atoms with Crippen LogP contribution in [0.5, 0.6) is 5.75 Å². The van der Waals surface area contributed by atoms with Crippen LogP contribution in [-0.2, 0) is 21.9 Å². The van der Waals surface area contributed by atoms with Crippen LogP contribution >= 0.6 is 11.3 Å². The van der Waals surface area contributed by atoms with Crippen LogP contribution in [0.3, 0.4) is 0 Å². The number of carboxylic acids is 1. The first-order valence-corrected chi connectivity index (χ1v) is 11.8. The van der Waals surface area contributed by atoms with Gasteiger partial charge in [-0.2, -0.15) is 26.3 Å². The molecule has 2 aliphatic rings. The molecule has 2 aliphatic heterocycles. The van der Waals surface area contributed by atoms with E-state index in [2.05, 4.69) is 4.98 Å². The van der Waals surface area contributed by atoms with Crippen LogP contribution < -0.4 is 4.74 Å². The summed E-state index contributed by atoms with van der Waals surface area (Å²) in [6, 6.07) is 0.778. The van der Waals surface area contributed by atoms with Gasteiger partial charge in [-0.1, -0.05) is 13.3 Å². The van der Waals surface area contributed by atoms with Gasteiger partial charge in [-0.05, 0) is 18.9 Å². The third kappa shape index (κ3) is 4.98. The molecule has 2 fully saturated rings. The lowest BCUT2D eigenvalue weighted by Crippen LogP contribution is -2.64. The Kier molecular flexibility index (Phi) is 6.79. The maximum absolute atomic E-state index is 13.5. The van der Waals surface area contributed by atoms with Gasteiger partial charge in [-0.25, -0.2) is 4.79 Å². The second-order valence-electron chi connectivity index (χ2n) is 8.49. The number of carboxylic acid groups (broad SMARTS) is 1. The molecule has 2 aromatic rings. The quantitative estimate of drug-likeness (QED) is 0.368. The molecule has 4 atom stereocenters. The number of hydrogen-bond acceptors (Lipinski definition) is 6. The van der Waals surface area contributed by atoms with Gasteiger partial charge in [0.1, 0.15) is 23.0 Å². The molecule has 35 heavy (non-hydrogen) atoms. The Balaban J connectivity index is 1.64. The van der Waals surface area contributed by atoms with E-state index in [4.69, 9.17) is 9.47 Å². The number of rotatable bonds is 7. The van der Waals surface area contributed by atoms with Crippen LogP contribution in [0.4, 0.5) is 26.3 Å². The van der Waals surface area contributed by atoms with Crippen molar-refractivity contribution in [3.63, 3.8) is 0 Å². The second kappa shape index (κ2) is 9.25. The Hall–Kier alpha value is -2.38. The van der Waals surface area contributed by atoms with Gasteiger partial charge >= 0.3 is 18.3 Å². The van der Waals surface area contributed by atoms with E-state index in [1.54, 1.807) is 11.8 Å². The standard InChI is InChI=1S/C22H22F6N2O4S/c1-2-4-15-20(19(31)32,34-12-9-16(35-11-12)22(26,27)28)6-3-8-30(15)18-17(33-18)13-10-29-7-5-14(13)21(23,24)25/h5,7,9-11,15,17-18H,2-4,6,8H2,1H3,(H,31,32)/t15-,17?,18?,20+/m1/s1. The van der Waals surface area contributed by atoms with Crippen LogP contribution in [0.1, 0.15) is 54.7 Å². The summed E-state index contributed by atoms with van der Waals surface area (Å²) < 4.78 is 91.0. The Bertz CT molecular complexity index is 1070. The molecular formula is C22H22F6N2O4S. The number of aromatic nitrogens is 1. The average Bonchev–Trinajstić information content (AvgIpc) is 3.42.